The molecule has 3 aromatic rings. The molecular weight excluding hydrogens is 585 g/mol. The Morgan fingerprint density at radius 1 is 0.837 bits per heavy atom. The highest BCUT2D eigenvalue weighted by molar-refractivity contribution is 7.98. The molecule has 11 heteroatoms. The average molecular weight is 626 g/mol. The first kappa shape index (κ1) is 31.3. The molecule has 0 bridgehead atoms. The maximum Gasteiger partial charge on any atom is 0.229 e. The van der Waals surface area contributed by atoms with E-state index in [2.05, 4.69) is 31.2 Å². The monoisotopic (exact) mass is 625 g/mol. The minimum Gasteiger partial charge on any atom is -0.353 e. The van der Waals surface area contributed by atoms with Crippen LogP contribution in [0, 0.1) is 11.7 Å². The van der Waals surface area contributed by atoms with Crippen molar-refractivity contribution >= 4 is 47.1 Å². The highest BCUT2D eigenvalue weighted by Crippen LogP contribution is 2.28. The lowest BCUT2D eigenvalue weighted by Gasteiger charge is -2.28. The fraction of sp³-hybridized carbons (Fsp3) is 0.500. The van der Waals surface area contributed by atoms with E-state index in [9.17, 15) is 9.18 Å². The van der Waals surface area contributed by atoms with Crippen LogP contribution in [0.25, 0.3) is 0 Å². The molecule has 2 fully saturated rings. The van der Waals surface area contributed by atoms with E-state index >= 15 is 0 Å². The zero-order chi connectivity index (χ0) is 29.9. The lowest BCUT2D eigenvalue weighted by Crippen LogP contribution is -2.36. The number of nitrogens with zero attached hydrogens (tertiary/aromatic N) is 3. The fourth-order valence-corrected chi connectivity index (χ4v) is 6.90. The first-order valence-corrected chi connectivity index (χ1v) is 16.9. The maximum absolute atomic E-state index is 14.1. The van der Waals surface area contributed by atoms with Gasteiger partial charge in [-0.3, -0.25) is 4.79 Å². The van der Waals surface area contributed by atoms with Gasteiger partial charge in [0.1, 0.15) is 5.82 Å². The van der Waals surface area contributed by atoms with E-state index in [1.54, 1.807) is 23.9 Å². The smallest absolute Gasteiger partial charge is 0.229 e. The number of carbonyl (C=O) groups excluding carboxylic acids is 1. The van der Waals surface area contributed by atoms with Crippen LogP contribution in [0.1, 0.15) is 68.9 Å². The number of carbonyl (C=O) groups is 1. The molecule has 0 atom stereocenters. The van der Waals surface area contributed by atoms with E-state index in [0.29, 0.717) is 53.3 Å². The van der Waals surface area contributed by atoms with Gasteiger partial charge in [0.15, 0.2) is 0 Å². The topological polar surface area (TPSA) is 104 Å². The van der Waals surface area contributed by atoms with Gasteiger partial charge in [-0.1, -0.05) is 67.3 Å². The van der Waals surface area contributed by atoms with Gasteiger partial charge in [-0.25, -0.2) is 4.39 Å². The third kappa shape index (κ3) is 9.69. The van der Waals surface area contributed by atoms with Gasteiger partial charge in [-0.15, -0.1) is 0 Å². The summed E-state index contributed by atoms with van der Waals surface area (Å²) in [5, 5.41) is 13.9. The Kier molecular flexibility index (Phi) is 11.7. The summed E-state index contributed by atoms with van der Waals surface area (Å²) in [5.74, 6) is 2.74. The molecule has 0 aliphatic heterocycles. The zero-order valence-electron chi connectivity index (χ0n) is 24.5. The van der Waals surface area contributed by atoms with Crippen molar-refractivity contribution in [1.82, 2.24) is 20.3 Å². The van der Waals surface area contributed by atoms with Crippen molar-refractivity contribution in [2.24, 2.45) is 5.92 Å². The second kappa shape index (κ2) is 16.1. The van der Waals surface area contributed by atoms with Crippen LogP contribution in [-0.4, -0.2) is 45.2 Å². The molecule has 8 nitrogen and oxygen atoms in total. The predicted molar refractivity (Wildman–Crippen MR) is 174 cm³/mol. The lowest BCUT2D eigenvalue weighted by atomic mass is 9.85. The van der Waals surface area contributed by atoms with Gasteiger partial charge in [0, 0.05) is 53.2 Å². The summed E-state index contributed by atoms with van der Waals surface area (Å²) < 4.78 is 14.1. The fourth-order valence-electron chi connectivity index (χ4n) is 5.70. The molecule has 2 aromatic carbocycles. The molecule has 1 heterocycles. The van der Waals surface area contributed by atoms with E-state index in [1.807, 2.05) is 30.3 Å². The van der Waals surface area contributed by atoms with Gasteiger partial charge in [-0.2, -0.15) is 26.7 Å². The molecule has 1 aromatic heterocycles. The van der Waals surface area contributed by atoms with Crippen LogP contribution < -0.4 is 21.3 Å². The van der Waals surface area contributed by atoms with Gasteiger partial charge in [0.2, 0.25) is 23.8 Å². The molecule has 0 unspecified atom stereocenters. The summed E-state index contributed by atoms with van der Waals surface area (Å²) >= 11 is 7.77. The van der Waals surface area contributed by atoms with Gasteiger partial charge >= 0.3 is 0 Å². The summed E-state index contributed by atoms with van der Waals surface area (Å²) in [6, 6.07) is 15.3. The normalized spacial score (nSPS) is 19.0. The van der Waals surface area contributed by atoms with Crippen molar-refractivity contribution in [2.45, 2.75) is 82.2 Å². The summed E-state index contributed by atoms with van der Waals surface area (Å²) in [7, 11) is 0. The Hall–Kier alpha value is -3.11. The molecule has 4 N–H and O–H groups in total. The average Bonchev–Trinajstić information content (AvgIpc) is 3.02. The minimum absolute atomic E-state index is 0.0256. The van der Waals surface area contributed by atoms with Crippen LogP contribution in [0.15, 0.2) is 48.5 Å². The summed E-state index contributed by atoms with van der Waals surface area (Å²) in [6.45, 7) is 1.18. The van der Waals surface area contributed by atoms with E-state index in [-0.39, 0.29) is 23.7 Å². The minimum atomic E-state index is -0.276. The van der Waals surface area contributed by atoms with Gasteiger partial charge < -0.3 is 21.3 Å². The number of halogens is 2. The Balaban J connectivity index is 1.13. The number of hydrogen-bond donors (Lipinski definition) is 4. The largest absolute Gasteiger partial charge is 0.353 e. The van der Waals surface area contributed by atoms with Crippen molar-refractivity contribution in [2.75, 3.05) is 28.2 Å². The Bertz CT molecular complexity index is 1300. The van der Waals surface area contributed by atoms with Crippen LogP contribution in [0.2, 0.25) is 5.02 Å². The van der Waals surface area contributed by atoms with E-state index in [1.165, 1.54) is 25.3 Å². The highest BCUT2D eigenvalue weighted by atomic mass is 35.5. The standard InChI is InChI=1S/C32H41ClFN7OS/c33-27-12-7-13-28(34)26(27)21-43-19-18-35-30-39-31(37-24-10-5-2-6-11-24)41-32(40-30)38-25-16-14-23(15-17-25)29(42)36-20-22-8-3-1-4-9-22/h1,3-4,7-9,12-13,23-25H,2,5-6,10-11,14-21H2,(H,36,42)(H3,35,37,38,39,40,41). The van der Waals surface area contributed by atoms with Crippen molar-refractivity contribution in [3.05, 3.63) is 70.5 Å². The first-order chi connectivity index (χ1) is 21.0. The van der Waals surface area contributed by atoms with Crippen LogP contribution in [-0.2, 0) is 17.1 Å². The molecule has 5 rings (SSSR count). The molecular formula is C32H41ClFN7OS. The number of nitrogens with one attached hydrogen (secondary N) is 4. The summed E-state index contributed by atoms with van der Waals surface area (Å²) in [4.78, 5) is 26.8. The number of aromatic nitrogens is 3. The van der Waals surface area contributed by atoms with Gasteiger partial charge in [0.25, 0.3) is 0 Å². The molecule has 2 aliphatic carbocycles. The Labute approximate surface area is 262 Å². The SMILES string of the molecule is O=C(NCc1ccccc1)C1CCC(Nc2nc(NCCSCc3c(F)cccc3Cl)nc(NC3CCCCC3)n2)CC1. The van der Waals surface area contributed by atoms with Gasteiger partial charge in [0.05, 0.1) is 0 Å². The zero-order valence-corrected chi connectivity index (χ0v) is 26.0. The van der Waals surface area contributed by atoms with Crippen LogP contribution in [0.4, 0.5) is 22.2 Å². The van der Waals surface area contributed by atoms with Crippen molar-refractivity contribution in [3.8, 4) is 0 Å². The van der Waals surface area contributed by atoms with Crippen LogP contribution >= 0.6 is 23.4 Å². The van der Waals surface area contributed by atoms with Crippen LogP contribution in [0.3, 0.4) is 0 Å². The van der Waals surface area contributed by atoms with Gasteiger partial charge in [-0.05, 0) is 56.2 Å². The number of benzene rings is 2. The predicted octanol–water partition coefficient (Wildman–Crippen LogP) is 7.04. The quantitative estimate of drug-likeness (QED) is 0.150. The Morgan fingerprint density at radius 3 is 2.21 bits per heavy atom. The second-order valence-corrected chi connectivity index (χ2v) is 12.9. The molecule has 230 valence electrons. The van der Waals surface area contributed by atoms with Crippen LogP contribution in [0.5, 0.6) is 0 Å². The molecule has 1 amide bonds. The van der Waals surface area contributed by atoms with E-state index in [4.69, 9.17) is 16.6 Å². The summed E-state index contributed by atoms with van der Waals surface area (Å²) in [5.41, 5.74) is 1.64. The molecule has 0 saturated heterocycles. The molecule has 0 radical (unpaired) electrons. The summed E-state index contributed by atoms with van der Waals surface area (Å²) in [6.07, 6.45) is 9.32. The van der Waals surface area contributed by atoms with Crippen molar-refractivity contribution in [1.29, 1.82) is 0 Å². The third-order valence-corrected chi connectivity index (χ3v) is 9.49. The number of hydrogen-bond acceptors (Lipinski definition) is 8. The van der Waals surface area contributed by atoms with Crippen molar-refractivity contribution < 1.29 is 9.18 Å². The number of rotatable bonds is 13. The highest BCUT2D eigenvalue weighted by Gasteiger charge is 2.27. The number of thioether (sulfide) groups is 1. The van der Waals surface area contributed by atoms with Crippen molar-refractivity contribution in [3.63, 3.8) is 0 Å². The molecule has 2 aliphatic rings. The molecule has 2 saturated carbocycles. The first-order valence-electron chi connectivity index (χ1n) is 15.4. The number of anilines is 3. The lowest BCUT2D eigenvalue weighted by molar-refractivity contribution is -0.126. The van der Waals surface area contributed by atoms with E-state index < -0.39 is 0 Å². The Morgan fingerprint density at radius 2 is 1.51 bits per heavy atom. The maximum atomic E-state index is 14.1. The molecule has 43 heavy (non-hydrogen) atoms. The second-order valence-electron chi connectivity index (χ2n) is 11.4. The third-order valence-electron chi connectivity index (χ3n) is 8.15. The molecule has 0 spiro atoms. The number of amides is 1. The van der Waals surface area contributed by atoms with E-state index in [0.717, 1.165) is 49.8 Å².